The Hall–Kier alpha value is -1.91. The van der Waals surface area contributed by atoms with Crippen LogP contribution in [-0.2, 0) is 0 Å². The molecule has 0 aromatic carbocycles. The molecule has 0 radical (unpaired) electrons. The number of aryl methyl sites for hydroxylation is 1. The summed E-state index contributed by atoms with van der Waals surface area (Å²) in [4.78, 5) is 14.1. The van der Waals surface area contributed by atoms with Crippen LogP contribution in [0.4, 0.5) is 11.5 Å². The Morgan fingerprint density at radius 3 is 2.93 bits per heavy atom. The Balaban J connectivity index is 2.88. The zero-order valence-corrected chi connectivity index (χ0v) is 7.86. The Morgan fingerprint density at radius 2 is 2.43 bits per heavy atom. The van der Waals surface area contributed by atoms with Crippen LogP contribution in [0, 0.1) is 17.0 Å². The number of pyridine rings is 1. The van der Waals surface area contributed by atoms with Crippen LogP contribution in [0.2, 0.25) is 0 Å². The van der Waals surface area contributed by atoms with Crippen molar-refractivity contribution in [2.75, 3.05) is 11.9 Å². The van der Waals surface area contributed by atoms with Crippen molar-refractivity contribution in [1.29, 1.82) is 0 Å². The average molecular weight is 193 g/mol. The molecule has 0 aliphatic carbocycles. The van der Waals surface area contributed by atoms with Crippen LogP contribution in [0.3, 0.4) is 0 Å². The number of anilines is 1. The van der Waals surface area contributed by atoms with Gasteiger partial charge >= 0.3 is 0 Å². The second kappa shape index (κ2) is 4.36. The van der Waals surface area contributed by atoms with Crippen molar-refractivity contribution in [3.8, 4) is 0 Å². The maximum atomic E-state index is 10.5. The van der Waals surface area contributed by atoms with Gasteiger partial charge in [-0.25, -0.2) is 4.98 Å². The number of hydrogen-bond acceptors (Lipinski definition) is 4. The van der Waals surface area contributed by atoms with Crippen molar-refractivity contribution >= 4 is 11.5 Å². The van der Waals surface area contributed by atoms with Gasteiger partial charge in [0.1, 0.15) is 11.5 Å². The number of aromatic nitrogens is 1. The molecule has 74 valence electrons. The second-order valence-electron chi connectivity index (χ2n) is 2.73. The fraction of sp³-hybridized carbons (Fsp3) is 0.222. The molecule has 0 unspecified atom stereocenters. The van der Waals surface area contributed by atoms with Gasteiger partial charge in [-0.05, 0) is 13.0 Å². The molecule has 1 N–H and O–H groups in total. The topological polar surface area (TPSA) is 68.1 Å². The van der Waals surface area contributed by atoms with Gasteiger partial charge in [-0.1, -0.05) is 6.08 Å². The van der Waals surface area contributed by atoms with Crippen LogP contribution in [0.1, 0.15) is 5.69 Å². The summed E-state index contributed by atoms with van der Waals surface area (Å²) in [6.07, 6.45) is 1.69. The Labute approximate surface area is 81.6 Å². The van der Waals surface area contributed by atoms with Crippen molar-refractivity contribution < 1.29 is 4.92 Å². The monoisotopic (exact) mass is 193 g/mol. The van der Waals surface area contributed by atoms with Crippen molar-refractivity contribution in [1.82, 2.24) is 4.98 Å². The molecule has 0 bridgehead atoms. The second-order valence-corrected chi connectivity index (χ2v) is 2.73. The molecule has 0 aliphatic heterocycles. The molecule has 14 heavy (non-hydrogen) atoms. The smallest absolute Gasteiger partial charge is 0.290 e. The van der Waals surface area contributed by atoms with Gasteiger partial charge < -0.3 is 5.32 Å². The molecule has 1 heterocycles. The van der Waals surface area contributed by atoms with E-state index in [1.807, 2.05) is 0 Å². The molecule has 0 atom stereocenters. The van der Waals surface area contributed by atoms with E-state index in [4.69, 9.17) is 0 Å². The minimum Gasteiger partial charge on any atom is -0.367 e. The van der Waals surface area contributed by atoms with E-state index in [-0.39, 0.29) is 5.69 Å². The summed E-state index contributed by atoms with van der Waals surface area (Å²) in [6.45, 7) is 5.74. The minimum atomic E-state index is -0.445. The number of nitrogens with one attached hydrogen (secondary N) is 1. The van der Waals surface area contributed by atoms with Crippen molar-refractivity contribution in [3.05, 3.63) is 40.6 Å². The first kappa shape index (κ1) is 10.2. The van der Waals surface area contributed by atoms with Crippen molar-refractivity contribution in [2.24, 2.45) is 0 Å². The first-order valence-corrected chi connectivity index (χ1v) is 4.12. The van der Waals surface area contributed by atoms with E-state index in [2.05, 4.69) is 16.9 Å². The highest BCUT2D eigenvalue weighted by atomic mass is 16.6. The maximum absolute atomic E-state index is 10.5. The highest BCUT2D eigenvalue weighted by molar-refractivity contribution is 5.44. The number of hydrogen-bond donors (Lipinski definition) is 1. The van der Waals surface area contributed by atoms with Crippen LogP contribution < -0.4 is 5.32 Å². The maximum Gasteiger partial charge on any atom is 0.290 e. The number of nitro groups is 1. The van der Waals surface area contributed by atoms with Gasteiger partial charge in [0.15, 0.2) is 0 Å². The van der Waals surface area contributed by atoms with E-state index in [9.17, 15) is 10.1 Å². The molecule has 1 rings (SSSR count). The summed E-state index contributed by atoms with van der Waals surface area (Å²) >= 11 is 0. The van der Waals surface area contributed by atoms with E-state index < -0.39 is 4.92 Å². The van der Waals surface area contributed by atoms with Crippen LogP contribution in [0.5, 0.6) is 0 Å². The molecular formula is C9H11N3O2. The molecule has 1 aromatic heterocycles. The third-order valence-corrected chi connectivity index (χ3v) is 1.68. The quantitative estimate of drug-likeness (QED) is 0.450. The molecule has 0 saturated carbocycles. The van der Waals surface area contributed by atoms with Crippen LogP contribution in [0.25, 0.3) is 0 Å². The largest absolute Gasteiger partial charge is 0.367 e. The molecule has 0 amide bonds. The lowest BCUT2D eigenvalue weighted by Gasteiger charge is -2.03. The van der Waals surface area contributed by atoms with E-state index in [1.54, 1.807) is 19.1 Å². The van der Waals surface area contributed by atoms with Gasteiger partial charge in [0, 0.05) is 12.6 Å². The third kappa shape index (κ3) is 2.29. The van der Waals surface area contributed by atoms with Gasteiger partial charge in [-0.15, -0.1) is 6.58 Å². The van der Waals surface area contributed by atoms with E-state index >= 15 is 0 Å². The number of nitrogens with zero attached hydrogens (tertiary/aromatic N) is 2. The first-order chi connectivity index (χ1) is 6.65. The van der Waals surface area contributed by atoms with E-state index in [0.717, 1.165) is 0 Å². The molecule has 5 nitrogen and oxygen atoms in total. The van der Waals surface area contributed by atoms with Gasteiger partial charge in [-0.3, -0.25) is 10.1 Å². The zero-order valence-electron chi connectivity index (χ0n) is 7.86. The zero-order chi connectivity index (χ0) is 10.6. The van der Waals surface area contributed by atoms with Gasteiger partial charge in [0.05, 0.1) is 4.92 Å². The summed E-state index contributed by atoms with van der Waals surface area (Å²) in [7, 11) is 0. The third-order valence-electron chi connectivity index (χ3n) is 1.68. The molecule has 0 saturated heterocycles. The van der Waals surface area contributed by atoms with Crippen molar-refractivity contribution in [2.45, 2.75) is 6.92 Å². The lowest BCUT2D eigenvalue weighted by atomic mass is 10.3. The predicted molar refractivity (Wildman–Crippen MR) is 54.3 cm³/mol. The van der Waals surface area contributed by atoms with E-state index in [1.165, 1.54) is 6.07 Å². The van der Waals surface area contributed by atoms with Crippen LogP contribution in [0.15, 0.2) is 24.8 Å². The highest BCUT2D eigenvalue weighted by Gasteiger charge is 2.10. The number of rotatable bonds is 4. The molecule has 1 aromatic rings. The highest BCUT2D eigenvalue weighted by Crippen LogP contribution is 2.17. The Kier molecular flexibility index (Phi) is 3.17. The SMILES string of the molecule is C=CCNc1ccc([N+](=O)[O-])c(C)n1. The predicted octanol–water partition coefficient (Wildman–Crippen LogP) is 1.90. The molecule has 0 spiro atoms. The molecule has 5 heteroatoms. The van der Waals surface area contributed by atoms with Crippen molar-refractivity contribution in [3.63, 3.8) is 0 Å². The lowest BCUT2D eigenvalue weighted by Crippen LogP contribution is -2.02. The lowest BCUT2D eigenvalue weighted by molar-refractivity contribution is -0.385. The van der Waals surface area contributed by atoms with Gasteiger partial charge in [-0.2, -0.15) is 0 Å². The van der Waals surface area contributed by atoms with Crippen LogP contribution >= 0.6 is 0 Å². The summed E-state index contributed by atoms with van der Waals surface area (Å²) in [6, 6.07) is 3.02. The summed E-state index contributed by atoms with van der Waals surface area (Å²) in [5, 5.41) is 13.4. The Morgan fingerprint density at radius 1 is 1.71 bits per heavy atom. The summed E-state index contributed by atoms with van der Waals surface area (Å²) < 4.78 is 0. The van der Waals surface area contributed by atoms with E-state index in [0.29, 0.717) is 18.1 Å². The van der Waals surface area contributed by atoms with Gasteiger partial charge in [0.25, 0.3) is 5.69 Å². The molecule has 0 aliphatic rings. The summed E-state index contributed by atoms with van der Waals surface area (Å²) in [5.74, 6) is 0.619. The van der Waals surface area contributed by atoms with Gasteiger partial charge in [0.2, 0.25) is 0 Å². The molecular weight excluding hydrogens is 182 g/mol. The summed E-state index contributed by atoms with van der Waals surface area (Å²) in [5.41, 5.74) is 0.443. The fourth-order valence-corrected chi connectivity index (χ4v) is 1.02. The standard InChI is InChI=1S/C9H11N3O2/c1-3-6-10-9-5-4-8(12(13)14)7(2)11-9/h3-5H,1,6H2,2H3,(H,10,11). The minimum absolute atomic E-state index is 0.0363. The Bertz CT molecular complexity index is 363. The van der Waals surface area contributed by atoms with Crippen LogP contribution in [-0.4, -0.2) is 16.5 Å². The normalized spacial score (nSPS) is 9.50. The molecule has 0 fully saturated rings. The average Bonchev–Trinajstić information content (AvgIpc) is 2.14. The fourth-order valence-electron chi connectivity index (χ4n) is 1.02. The first-order valence-electron chi connectivity index (χ1n) is 4.12.